The average molecular weight is 175 g/mol. The van der Waals surface area contributed by atoms with Crippen molar-refractivity contribution in [3.05, 3.63) is 46.3 Å². The highest BCUT2D eigenvalue weighted by Gasteiger charge is 2.32. The van der Waals surface area contributed by atoms with Gasteiger partial charge in [0, 0.05) is 4.91 Å². The number of epoxide rings is 1. The summed E-state index contributed by atoms with van der Waals surface area (Å²) in [5, 5.41) is 3.71. The van der Waals surface area contributed by atoms with E-state index >= 15 is 0 Å². The van der Waals surface area contributed by atoms with Crippen LogP contribution in [-0.4, -0.2) is 12.7 Å². The average Bonchev–Trinajstić information content (AvgIpc) is 2.99. The molecule has 0 radical (unpaired) electrons. The Labute approximate surface area is 75.8 Å². The van der Waals surface area contributed by atoms with Crippen LogP contribution in [0.2, 0.25) is 0 Å². The SMILES string of the molecule is [N-]=[N+]=N[C@H](c1ccccc1)[C@H]1CO1. The molecule has 13 heavy (non-hydrogen) atoms. The fourth-order valence-corrected chi connectivity index (χ4v) is 1.30. The monoisotopic (exact) mass is 175 g/mol. The van der Waals surface area contributed by atoms with E-state index in [1.54, 1.807) is 0 Å². The first-order valence-electron chi connectivity index (χ1n) is 4.12. The quantitative estimate of drug-likeness (QED) is 0.301. The number of benzene rings is 1. The van der Waals surface area contributed by atoms with E-state index < -0.39 is 0 Å². The molecular formula is C9H9N3O. The lowest BCUT2D eigenvalue weighted by Crippen LogP contribution is -2.01. The zero-order chi connectivity index (χ0) is 9.10. The Morgan fingerprint density at radius 2 is 2.15 bits per heavy atom. The standard InChI is InChI=1S/C9H9N3O/c10-12-11-9(8-6-13-8)7-4-2-1-3-5-7/h1-5,8-9H,6H2/t8-,9-/m1/s1. The third kappa shape index (κ3) is 1.80. The molecule has 0 amide bonds. The van der Waals surface area contributed by atoms with Crippen LogP contribution in [0.4, 0.5) is 0 Å². The summed E-state index contributed by atoms with van der Waals surface area (Å²) in [7, 11) is 0. The number of nitrogens with zero attached hydrogens (tertiary/aromatic N) is 3. The minimum absolute atomic E-state index is 0.0818. The molecule has 0 spiro atoms. The summed E-state index contributed by atoms with van der Waals surface area (Å²) in [6, 6.07) is 9.52. The van der Waals surface area contributed by atoms with Crippen molar-refractivity contribution in [1.82, 2.24) is 0 Å². The Balaban J connectivity index is 2.24. The van der Waals surface area contributed by atoms with Crippen molar-refractivity contribution in [3.8, 4) is 0 Å². The maximum absolute atomic E-state index is 8.38. The lowest BCUT2D eigenvalue weighted by molar-refractivity contribution is 0.376. The Morgan fingerprint density at radius 1 is 1.46 bits per heavy atom. The van der Waals surface area contributed by atoms with E-state index in [2.05, 4.69) is 10.0 Å². The Hall–Kier alpha value is -1.51. The number of hydrogen-bond acceptors (Lipinski definition) is 2. The first kappa shape index (κ1) is 8.10. The zero-order valence-corrected chi connectivity index (χ0v) is 7.00. The van der Waals surface area contributed by atoms with E-state index in [1.807, 2.05) is 30.3 Å². The van der Waals surface area contributed by atoms with E-state index in [1.165, 1.54) is 0 Å². The molecule has 1 saturated heterocycles. The second-order valence-electron chi connectivity index (χ2n) is 2.93. The molecule has 0 N–H and O–H groups in total. The molecule has 2 atom stereocenters. The number of ether oxygens (including phenoxy) is 1. The van der Waals surface area contributed by atoms with E-state index in [-0.39, 0.29) is 12.1 Å². The molecule has 1 aromatic carbocycles. The largest absolute Gasteiger partial charge is 0.372 e. The van der Waals surface area contributed by atoms with E-state index in [4.69, 9.17) is 10.3 Å². The molecule has 1 heterocycles. The van der Waals surface area contributed by atoms with Crippen LogP contribution in [0.25, 0.3) is 10.4 Å². The molecule has 0 aliphatic carbocycles. The maximum Gasteiger partial charge on any atom is 0.0935 e. The van der Waals surface area contributed by atoms with Crippen molar-refractivity contribution >= 4 is 0 Å². The van der Waals surface area contributed by atoms with Crippen molar-refractivity contribution in [2.45, 2.75) is 12.1 Å². The normalized spacial score (nSPS) is 21.7. The molecule has 0 aromatic heterocycles. The second kappa shape index (κ2) is 3.47. The van der Waals surface area contributed by atoms with Crippen molar-refractivity contribution < 1.29 is 4.74 Å². The predicted octanol–water partition coefficient (Wildman–Crippen LogP) is 2.44. The van der Waals surface area contributed by atoms with Gasteiger partial charge in [-0.15, -0.1) is 0 Å². The topological polar surface area (TPSA) is 61.3 Å². The van der Waals surface area contributed by atoms with Crippen LogP contribution in [0, 0.1) is 0 Å². The Kier molecular flexibility index (Phi) is 2.17. The molecule has 0 bridgehead atoms. The fourth-order valence-electron chi connectivity index (χ4n) is 1.30. The molecule has 4 nitrogen and oxygen atoms in total. The highest BCUT2D eigenvalue weighted by atomic mass is 16.6. The van der Waals surface area contributed by atoms with Gasteiger partial charge in [0.2, 0.25) is 0 Å². The summed E-state index contributed by atoms with van der Waals surface area (Å²) in [4.78, 5) is 2.82. The van der Waals surface area contributed by atoms with Gasteiger partial charge < -0.3 is 4.74 Å². The summed E-state index contributed by atoms with van der Waals surface area (Å²) in [5.41, 5.74) is 9.39. The highest BCUT2D eigenvalue weighted by molar-refractivity contribution is 5.21. The Bertz CT molecular complexity index is 328. The van der Waals surface area contributed by atoms with Crippen molar-refractivity contribution in [2.24, 2.45) is 5.11 Å². The smallest absolute Gasteiger partial charge is 0.0935 e. The minimum atomic E-state index is -0.161. The number of azide groups is 1. The lowest BCUT2D eigenvalue weighted by Gasteiger charge is -2.06. The summed E-state index contributed by atoms with van der Waals surface area (Å²) < 4.78 is 5.11. The first-order valence-corrected chi connectivity index (χ1v) is 4.12. The molecule has 1 fully saturated rings. The van der Waals surface area contributed by atoms with Crippen LogP contribution in [0.15, 0.2) is 35.4 Å². The fraction of sp³-hybridized carbons (Fsp3) is 0.333. The third-order valence-corrected chi connectivity index (χ3v) is 2.03. The van der Waals surface area contributed by atoms with E-state index in [0.717, 1.165) is 5.56 Å². The van der Waals surface area contributed by atoms with Crippen LogP contribution in [0.1, 0.15) is 11.6 Å². The minimum Gasteiger partial charge on any atom is -0.372 e. The summed E-state index contributed by atoms with van der Waals surface area (Å²) in [5.74, 6) is 0. The van der Waals surface area contributed by atoms with Crippen molar-refractivity contribution in [2.75, 3.05) is 6.61 Å². The molecule has 0 saturated carbocycles. The number of hydrogen-bond donors (Lipinski definition) is 0. The summed E-state index contributed by atoms with van der Waals surface area (Å²) >= 11 is 0. The van der Waals surface area contributed by atoms with Crippen LogP contribution in [-0.2, 0) is 4.74 Å². The van der Waals surface area contributed by atoms with Gasteiger partial charge >= 0.3 is 0 Å². The van der Waals surface area contributed by atoms with Gasteiger partial charge in [0.05, 0.1) is 18.8 Å². The molecule has 0 unspecified atom stereocenters. The van der Waals surface area contributed by atoms with Gasteiger partial charge in [-0.1, -0.05) is 35.4 Å². The van der Waals surface area contributed by atoms with Gasteiger partial charge in [0.15, 0.2) is 0 Å². The van der Waals surface area contributed by atoms with Gasteiger partial charge in [0.25, 0.3) is 0 Å². The first-order chi connectivity index (χ1) is 6.42. The molecule has 1 aliphatic heterocycles. The third-order valence-electron chi connectivity index (χ3n) is 2.03. The van der Waals surface area contributed by atoms with E-state index in [0.29, 0.717) is 6.61 Å². The molecule has 66 valence electrons. The van der Waals surface area contributed by atoms with Gasteiger partial charge in [0.1, 0.15) is 0 Å². The summed E-state index contributed by atoms with van der Waals surface area (Å²) in [6.07, 6.45) is 0.0818. The highest BCUT2D eigenvalue weighted by Crippen LogP contribution is 2.30. The zero-order valence-electron chi connectivity index (χ0n) is 7.00. The molecule has 2 rings (SSSR count). The molecule has 1 aliphatic rings. The van der Waals surface area contributed by atoms with Gasteiger partial charge in [-0.05, 0) is 11.1 Å². The lowest BCUT2D eigenvalue weighted by atomic mass is 10.1. The van der Waals surface area contributed by atoms with Gasteiger partial charge in [-0.2, -0.15) is 0 Å². The second-order valence-corrected chi connectivity index (χ2v) is 2.93. The molecule has 1 aromatic rings. The van der Waals surface area contributed by atoms with Gasteiger partial charge in [-0.3, -0.25) is 0 Å². The van der Waals surface area contributed by atoms with Crippen LogP contribution in [0.3, 0.4) is 0 Å². The van der Waals surface area contributed by atoms with Gasteiger partial charge in [-0.25, -0.2) is 0 Å². The number of rotatable bonds is 3. The van der Waals surface area contributed by atoms with Crippen molar-refractivity contribution in [3.63, 3.8) is 0 Å². The van der Waals surface area contributed by atoms with Crippen LogP contribution in [0.5, 0.6) is 0 Å². The van der Waals surface area contributed by atoms with Crippen LogP contribution >= 0.6 is 0 Å². The Morgan fingerprint density at radius 3 is 2.69 bits per heavy atom. The van der Waals surface area contributed by atoms with Crippen LogP contribution < -0.4 is 0 Å². The summed E-state index contributed by atoms with van der Waals surface area (Å²) in [6.45, 7) is 0.693. The molecular weight excluding hydrogens is 166 g/mol. The predicted molar refractivity (Wildman–Crippen MR) is 48.1 cm³/mol. The van der Waals surface area contributed by atoms with Crippen molar-refractivity contribution in [1.29, 1.82) is 0 Å². The van der Waals surface area contributed by atoms with E-state index in [9.17, 15) is 0 Å². The molecule has 4 heteroatoms. The maximum atomic E-state index is 8.38.